The fourth-order valence-corrected chi connectivity index (χ4v) is 3.29. The van der Waals surface area contributed by atoms with Gasteiger partial charge in [-0.2, -0.15) is 0 Å². The van der Waals surface area contributed by atoms with Crippen LogP contribution in [-0.4, -0.2) is 23.4 Å². The average molecular weight is 357 g/mol. The van der Waals surface area contributed by atoms with Crippen LogP contribution in [0.25, 0.3) is 0 Å². The van der Waals surface area contributed by atoms with Crippen LogP contribution >= 0.6 is 22.6 Å². The molecular formula is C15H20INO. The van der Waals surface area contributed by atoms with Gasteiger partial charge in [0.25, 0.3) is 0 Å². The molecule has 1 amide bonds. The predicted molar refractivity (Wildman–Crippen MR) is 82.7 cm³/mol. The molecule has 1 unspecified atom stereocenters. The van der Waals surface area contributed by atoms with Gasteiger partial charge in [0.05, 0.1) is 0 Å². The number of carbonyl (C=O) groups is 1. The monoisotopic (exact) mass is 357 g/mol. The molecule has 0 aromatic heterocycles. The van der Waals surface area contributed by atoms with Crippen molar-refractivity contribution in [1.29, 1.82) is 0 Å². The summed E-state index contributed by atoms with van der Waals surface area (Å²) >= 11 is 2.35. The van der Waals surface area contributed by atoms with Gasteiger partial charge in [0.2, 0.25) is 5.91 Å². The average Bonchev–Trinajstić information content (AvgIpc) is 2.77. The molecule has 0 aliphatic heterocycles. The lowest BCUT2D eigenvalue weighted by Crippen LogP contribution is -2.41. The van der Waals surface area contributed by atoms with Gasteiger partial charge in [-0.15, -0.1) is 0 Å². The summed E-state index contributed by atoms with van der Waals surface area (Å²) in [6.07, 6.45) is 3.70. The lowest BCUT2D eigenvalue weighted by molar-refractivity contribution is -0.133. The standard InChI is InChI=1S/C15H20INO/c1-3-7-17(15(18)4-2)14-9-11-5-6-13(16)8-12(11)10-14/h5-6,8,14H,3-4,7,9-10H2,1-2H3. The Morgan fingerprint density at radius 2 is 2.06 bits per heavy atom. The fraction of sp³-hybridized carbons (Fsp3) is 0.533. The molecule has 0 spiro atoms. The molecule has 1 aliphatic carbocycles. The minimum atomic E-state index is 0.296. The molecule has 2 nitrogen and oxygen atoms in total. The highest BCUT2D eigenvalue weighted by Gasteiger charge is 2.28. The molecule has 1 aromatic carbocycles. The Hall–Kier alpha value is -0.580. The molecule has 18 heavy (non-hydrogen) atoms. The van der Waals surface area contributed by atoms with Crippen LogP contribution in [0.5, 0.6) is 0 Å². The van der Waals surface area contributed by atoms with Gasteiger partial charge in [-0.05, 0) is 65.1 Å². The first kappa shape index (κ1) is 13.8. The predicted octanol–water partition coefficient (Wildman–Crippen LogP) is 3.41. The zero-order valence-corrected chi connectivity index (χ0v) is 13.2. The first-order valence-electron chi connectivity index (χ1n) is 6.72. The molecule has 2 rings (SSSR count). The molecule has 1 atom stereocenters. The first-order valence-corrected chi connectivity index (χ1v) is 7.80. The van der Waals surface area contributed by atoms with Crippen molar-refractivity contribution in [2.45, 2.75) is 45.6 Å². The van der Waals surface area contributed by atoms with Gasteiger partial charge in [0.1, 0.15) is 0 Å². The van der Waals surface area contributed by atoms with Crippen LogP contribution in [0.15, 0.2) is 18.2 Å². The molecule has 0 bridgehead atoms. The highest BCUT2D eigenvalue weighted by Crippen LogP contribution is 2.27. The number of rotatable bonds is 4. The van der Waals surface area contributed by atoms with Crippen molar-refractivity contribution in [3.05, 3.63) is 32.9 Å². The number of nitrogens with zero attached hydrogens (tertiary/aromatic N) is 1. The molecule has 0 heterocycles. The van der Waals surface area contributed by atoms with Gasteiger partial charge in [0.15, 0.2) is 0 Å². The molecule has 1 aromatic rings. The van der Waals surface area contributed by atoms with E-state index in [-0.39, 0.29) is 0 Å². The SMILES string of the molecule is CCCN(C(=O)CC)C1Cc2ccc(I)cc2C1. The van der Waals surface area contributed by atoms with Crippen molar-refractivity contribution >= 4 is 28.5 Å². The van der Waals surface area contributed by atoms with Crippen LogP contribution in [0, 0.1) is 3.57 Å². The maximum Gasteiger partial charge on any atom is 0.222 e. The maximum absolute atomic E-state index is 12.0. The number of hydrogen-bond donors (Lipinski definition) is 0. The van der Waals surface area contributed by atoms with Crippen molar-refractivity contribution in [1.82, 2.24) is 4.90 Å². The Morgan fingerprint density at radius 1 is 1.33 bits per heavy atom. The smallest absolute Gasteiger partial charge is 0.222 e. The molecule has 0 saturated heterocycles. The molecule has 0 radical (unpaired) electrons. The molecular weight excluding hydrogens is 337 g/mol. The van der Waals surface area contributed by atoms with Gasteiger partial charge < -0.3 is 4.90 Å². The Morgan fingerprint density at radius 3 is 2.72 bits per heavy atom. The zero-order valence-electron chi connectivity index (χ0n) is 11.1. The Kier molecular flexibility index (Phi) is 4.65. The van der Waals surface area contributed by atoms with E-state index in [1.54, 1.807) is 0 Å². The van der Waals surface area contributed by atoms with Crippen molar-refractivity contribution in [3.63, 3.8) is 0 Å². The summed E-state index contributed by atoms with van der Waals surface area (Å²) in [7, 11) is 0. The quantitative estimate of drug-likeness (QED) is 0.757. The third-order valence-electron chi connectivity index (χ3n) is 3.61. The van der Waals surface area contributed by atoms with Crippen LogP contribution in [-0.2, 0) is 17.6 Å². The molecule has 98 valence electrons. The van der Waals surface area contributed by atoms with Crippen LogP contribution in [0.1, 0.15) is 37.8 Å². The van der Waals surface area contributed by atoms with Crippen LogP contribution in [0.2, 0.25) is 0 Å². The van der Waals surface area contributed by atoms with Gasteiger partial charge in [-0.25, -0.2) is 0 Å². The summed E-state index contributed by atoms with van der Waals surface area (Å²) in [5.74, 6) is 0.296. The van der Waals surface area contributed by atoms with Gasteiger partial charge in [-0.3, -0.25) is 4.79 Å². The van der Waals surface area contributed by atoms with Gasteiger partial charge in [-0.1, -0.05) is 19.9 Å². The third kappa shape index (κ3) is 2.87. The fourth-order valence-electron chi connectivity index (χ4n) is 2.74. The second-order valence-electron chi connectivity index (χ2n) is 4.92. The minimum absolute atomic E-state index is 0.296. The Balaban J connectivity index is 2.14. The minimum Gasteiger partial charge on any atom is -0.339 e. The van der Waals surface area contributed by atoms with Crippen molar-refractivity contribution < 1.29 is 4.79 Å². The molecule has 3 heteroatoms. The first-order chi connectivity index (χ1) is 8.65. The largest absolute Gasteiger partial charge is 0.339 e. The zero-order chi connectivity index (χ0) is 13.1. The summed E-state index contributed by atoms with van der Waals surface area (Å²) in [6, 6.07) is 7.02. The van der Waals surface area contributed by atoms with Crippen molar-refractivity contribution in [2.75, 3.05) is 6.54 Å². The van der Waals surface area contributed by atoms with Gasteiger partial charge >= 0.3 is 0 Å². The summed E-state index contributed by atoms with van der Waals surface area (Å²) in [5, 5.41) is 0. The van der Waals surface area contributed by atoms with Crippen LogP contribution in [0.4, 0.5) is 0 Å². The second-order valence-corrected chi connectivity index (χ2v) is 6.16. The van der Waals surface area contributed by atoms with Crippen LogP contribution < -0.4 is 0 Å². The number of hydrogen-bond acceptors (Lipinski definition) is 1. The topological polar surface area (TPSA) is 20.3 Å². The number of fused-ring (bicyclic) bond motifs is 1. The molecule has 0 fully saturated rings. The lowest BCUT2D eigenvalue weighted by atomic mass is 10.1. The molecule has 1 aliphatic rings. The molecule has 0 N–H and O–H groups in total. The normalized spacial score (nSPS) is 17.6. The highest BCUT2D eigenvalue weighted by atomic mass is 127. The summed E-state index contributed by atoms with van der Waals surface area (Å²) in [5.41, 5.74) is 2.85. The number of halogens is 1. The second kappa shape index (κ2) is 6.04. The van der Waals surface area contributed by atoms with Crippen molar-refractivity contribution in [3.8, 4) is 0 Å². The summed E-state index contributed by atoms with van der Waals surface area (Å²) < 4.78 is 1.29. The van der Waals surface area contributed by atoms with E-state index in [0.29, 0.717) is 18.4 Å². The Labute approximate surface area is 123 Å². The highest BCUT2D eigenvalue weighted by molar-refractivity contribution is 14.1. The van der Waals surface area contributed by atoms with E-state index in [1.165, 1.54) is 14.7 Å². The van der Waals surface area contributed by atoms with E-state index in [2.05, 4.69) is 52.6 Å². The van der Waals surface area contributed by atoms with E-state index in [4.69, 9.17) is 0 Å². The van der Waals surface area contributed by atoms with E-state index in [9.17, 15) is 4.79 Å². The van der Waals surface area contributed by atoms with Gasteiger partial charge in [0, 0.05) is 22.6 Å². The summed E-state index contributed by atoms with van der Waals surface area (Å²) in [6.45, 7) is 4.99. The Bertz CT molecular complexity index is 444. The maximum atomic E-state index is 12.0. The molecule has 0 saturated carbocycles. The van der Waals surface area contributed by atoms with Crippen molar-refractivity contribution in [2.24, 2.45) is 0 Å². The third-order valence-corrected chi connectivity index (χ3v) is 4.28. The number of benzene rings is 1. The number of amides is 1. The van der Waals surface area contributed by atoms with E-state index >= 15 is 0 Å². The van der Waals surface area contributed by atoms with E-state index in [0.717, 1.165) is 25.8 Å². The lowest BCUT2D eigenvalue weighted by Gasteiger charge is -2.28. The summed E-state index contributed by atoms with van der Waals surface area (Å²) in [4.78, 5) is 14.1. The van der Waals surface area contributed by atoms with E-state index in [1.807, 2.05) is 6.92 Å². The number of carbonyl (C=O) groups excluding carboxylic acids is 1. The van der Waals surface area contributed by atoms with E-state index < -0.39 is 0 Å². The van der Waals surface area contributed by atoms with Crippen LogP contribution in [0.3, 0.4) is 0 Å².